The summed E-state index contributed by atoms with van der Waals surface area (Å²) in [5, 5.41) is 9.19. The summed E-state index contributed by atoms with van der Waals surface area (Å²) in [6.07, 6.45) is 4.29. The van der Waals surface area contributed by atoms with Gasteiger partial charge < -0.3 is 5.32 Å². The molecule has 9 heteroatoms. The van der Waals surface area contributed by atoms with Crippen molar-refractivity contribution in [3.8, 4) is 0 Å². The maximum absolute atomic E-state index is 13.1. The highest BCUT2D eigenvalue weighted by atomic mass is 32.1. The van der Waals surface area contributed by atoms with Gasteiger partial charge in [-0.25, -0.2) is 14.5 Å². The van der Waals surface area contributed by atoms with Crippen LogP contribution in [0.2, 0.25) is 0 Å². The smallest absolute Gasteiger partial charge is 0.309 e. The molecule has 0 aromatic carbocycles. The monoisotopic (exact) mass is 410 g/mol. The standard InChI is InChI=1S/C20H22N6O2S/c1-3-9-26-18(14(2)11-22-26)23-17(27)13-24-16-7-4-8-21-19(16)25(20(24)28)12-15-6-5-10-29-15/h4-8,10-11H,3,9,12-13H2,1-2H3,(H,23,27). The Bertz CT molecular complexity index is 1200. The van der Waals surface area contributed by atoms with Crippen molar-refractivity contribution < 1.29 is 4.79 Å². The lowest BCUT2D eigenvalue weighted by Crippen LogP contribution is -2.30. The lowest BCUT2D eigenvalue weighted by atomic mass is 10.3. The molecule has 1 amide bonds. The second-order valence-corrected chi connectivity index (χ2v) is 7.86. The first kappa shape index (κ1) is 19.1. The highest BCUT2D eigenvalue weighted by Gasteiger charge is 2.18. The number of aromatic nitrogens is 5. The molecular formula is C20H22N6O2S. The maximum atomic E-state index is 13.1. The van der Waals surface area contributed by atoms with E-state index in [1.807, 2.05) is 30.5 Å². The van der Waals surface area contributed by atoms with Crippen molar-refractivity contribution in [1.82, 2.24) is 23.9 Å². The van der Waals surface area contributed by atoms with Crippen LogP contribution in [0.25, 0.3) is 11.2 Å². The summed E-state index contributed by atoms with van der Waals surface area (Å²) < 4.78 is 4.86. The minimum absolute atomic E-state index is 0.0881. The van der Waals surface area contributed by atoms with Gasteiger partial charge in [0.25, 0.3) is 0 Å². The number of nitrogens with zero attached hydrogens (tertiary/aromatic N) is 5. The number of thiophene rings is 1. The largest absolute Gasteiger partial charge is 0.331 e. The zero-order chi connectivity index (χ0) is 20.4. The molecule has 0 unspecified atom stereocenters. The van der Waals surface area contributed by atoms with Gasteiger partial charge in [-0.3, -0.25) is 13.9 Å². The van der Waals surface area contributed by atoms with Crippen LogP contribution in [0.4, 0.5) is 5.82 Å². The van der Waals surface area contributed by atoms with E-state index in [-0.39, 0.29) is 18.1 Å². The molecule has 4 aromatic heterocycles. The molecule has 29 heavy (non-hydrogen) atoms. The van der Waals surface area contributed by atoms with E-state index in [4.69, 9.17) is 0 Å². The van der Waals surface area contributed by atoms with E-state index in [0.717, 1.165) is 16.9 Å². The molecule has 0 atom stereocenters. The molecule has 0 aliphatic carbocycles. The molecule has 0 bridgehead atoms. The number of rotatable bonds is 7. The summed E-state index contributed by atoms with van der Waals surface area (Å²) in [6, 6.07) is 7.51. The first-order valence-electron chi connectivity index (χ1n) is 9.47. The minimum Gasteiger partial charge on any atom is -0.309 e. The summed E-state index contributed by atoms with van der Waals surface area (Å²) >= 11 is 1.58. The van der Waals surface area contributed by atoms with Crippen LogP contribution in [0.15, 0.2) is 46.8 Å². The van der Waals surface area contributed by atoms with Gasteiger partial charge in [0, 0.05) is 23.2 Å². The predicted octanol–water partition coefficient (Wildman–Crippen LogP) is 2.86. The molecule has 4 rings (SSSR count). The van der Waals surface area contributed by atoms with Gasteiger partial charge in [-0.2, -0.15) is 5.10 Å². The van der Waals surface area contributed by atoms with Crippen molar-refractivity contribution in [1.29, 1.82) is 0 Å². The third-order valence-corrected chi connectivity index (χ3v) is 5.55. The number of hydrogen-bond acceptors (Lipinski definition) is 5. The van der Waals surface area contributed by atoms with Crippen molar-refractivity contribution in [3.63, 3.8) is 0 Å². The molecule has 0 spiro atoms. The average molecular weight is 411 g/mol. The number of nitrogens with one attached hydrogen (secondary N) is 1. The molecule has 150 valence electrons. The van der Waals surface area contributed by atoms with Crippen LogP contribution in [-0.4, -0.2) is 29.8 Å². The van der Waals surface area contributed by atoms with Gasteiger partial charge in [-0.1, -0.05) is 13.0 Å². The van der Waals surface area contributed by atoms with E-state index >= 15 is 0 Å². The van der Waals surface area contributed by atoms with Gasteiger partial charge in [0.15, 0.2) is 5.65 Å². The van der Waals surface area contributed by atoms with E-state index < -0.39 is 0 Å². The van der Waals surface area contributed by atoms with Gasteiger partial charge in [0.2, 0.25) is 5.91 Å². The molecule has 0 aliphatic heterocycles. The molecule has 0 fully saturated rings. The first-order valence-corrected chi connectivity index (χ1v) is 10.3. The lowest BCUT2D eigenvalue weighted by molar-refractivity contribution is -0.116. The Morgan fingerprint density at radius 3 is 2.86 bits per heavy atom. The topological polar surface area (TPSA) is 86.7 Å². The molecule has 4 heterocycles. The van der Waals surface area contributed by atoms with Crippen molar-refractivity contribution >= 4 is 34.2 Å². The fraction of sp³-hybridized carbons (Fsp3) is 0.300. The number of amides is 1. The molecule has 0 radical (unpaired) electrons. The average Bonchev–Trinajstić information content (AvgIpc) is 3.41. The highest BCUT2D eigenvalue weighted by molar-refractivity contribution is 7.09. The Labute approximate surface area is 171 Å². The Kier molecular flexibility index (Phi) is 5.30. The molecule has 0 aliphatic rings. The van der Waals surface area contributed by atoms with Gasteiger partial charge in [0.05, 0.1) is 18.3 Å². The zero-order valence-electron chi connectivity index (χ0n) is 16.3. The number of carbonyl (C=O) groups excluding carboxylic acids is 1. The Hall–Kier alpha value is -3.20. The molecule has 4 aromatic rings. The Balaban J connectivity index is 1.65. The van der Waals surface area contributed by atoms with Gasteiger partial charge in [0.1, 0.15) is 12.4 Å². The van der Waals surface area contributed by atoms with Crippen molar-refractivity contribution in [3.05, 3.63) is 63.0 Å². The molecule has 0 saturated heterocycles. The van der Waals surface area contributed by atoms with E-state index in [0.29, 0.717) is 30.1 Å². The fourth-order valence-corrected chi connectivity index (χ4v) is 4.03. The highest BCUT2D eigenvalue weighted by Crippen LogP contribution is 2.17. The quantitative estimate of drug-likeness (QED) is 0.508. The van der Waals surface area contributed by atoms with E-state index in [2.05, 4.69) is 22.3 Å². The van der Waals surface area contributed by atoms with Crippen LogP contribution in [0.5, 0.6) is 0 Å². The van der Waals surface area contributed by atoms with Crippen molar-refractivity contribution in [2.45, 2.75) is 39.9 Å². The molecule has 8 nitrogen and oxygen atoms in total. The minimum atomic E-state index is -0.271. The van der Waals surface area contributed by atoms with Crippen LogP contribution in [0.3, 0.4) is 0 Å². The number of anilines is 1. The SMILES string of the molecule is CCCn1ncc(C)c1NC(=O)Cn1c(=O)n(Cc2cccs2)c2ncccc21. The Morgan fingerprint density at radius 2 is 2.10 bits per heavy atom. The second kappa shape index (κ2) is 8.04. The van der Waals surface area contributed by atoms with Crippen LogP contribution < -0.4 is 11.0 Å². The number of imidazole rings is 1. The lowest BCUT2D eigenvalue weighted by Gasteiger charge is -2.10. The van der Waals surface area contributed by atoms with Crippen molar-refractivity contribution in [2.75, 3.05) is 5.32 Å². The summed E-state index contributed by atoms with van der Waals surface area (Å²) in [6.45, 7) is 5.01. The summed E-state index contributed by atoms with van der Waals surface area (Å²) in [5.41, 5.74) is 1.86. The summed E-state index contributed by atoms with van der Waals surface area (Å²) in [7, 11) is 0. The second-order valence-electron chi connectivity index (χ2n) is 6.83. The number of fused-ring (bicyclic) bond motifs is 1. The van der Waals surface area contributed by atoms with E-state index in [9.17, 15) is 9.59 Å². The molecule has 1 N–H and O–H groups in total. The van der Waals surface area contributed by atoms with E-state index in [1.54, 1.807) is 39.0 Å². The first-order chi connectivity index (χ1) is 14.1. The van der Waals surface area contributed by atoms with Gasteiger partial charge in [-0.05, 0) is 36.9 Å². The number of carbonyl (C=O) groups is 1. The van der Waals surface area contributed by atoms with Crippen molar-refractivity contribution in [2.24, 2.45) is 0 Å². The van der Waals surface area contributed by atoms with E-state index in [1.165, 1.54) is 4.57 Å². The normalized spacial score (nSPS) is 11.2. The molecule has 0 saturated carbocycles. The Morgan fingerprint density at radius 1 is 1.24 bits per heavy atom. The van der Waals surface area contributed by atoms with Crippen LogP contribution >= 0.6 is 11.3 Å². The third-order valence-electron chi connectivity index (χ3n) is 4.69. The van der Waals surface area contributed by atoms with Gasteiger partial charge >= 0.3 is 5.69 Å². The van der Waals surface area contributed by atoms with Crippen LogP contribution in [0, 0.1) is 6.92 Å². The summed E-state index contributed by atoms with van der Waals surface area (Å²) in [4.78, 5) is 31.3. The fourth-order valence-electron chi connectivity index (χ4n) is 3.34. The zero-order valence-corrected chi connectivity index (χ0v) is 17.1. The van der Waals surface area contributed by atoms with Gasteiger partial charge in [-0.15, -0.1) is 11.3 Å². The summed E-state index contributed by atoms with van der Waals surface area (Å²) in [5.74, 6) is 0.400. The number of aryl methyl sites for hydroxylation is 2. The maximum Gasteiger partial charge on any atom is 0.331 e. The van der Waals surface area contributed by atoms with Crippen LogP contribution in [0.1, 0.15) is 23.8 Å². The number of hydrogen-bond donors (Lipinski definition) is 1. The van der Waals surface area contributed by atoms with Crippen LogP contribution in [-0.2, 0) is 24.4 Å². The number of pyridine rings is 1. The molecular weight excluding hydrogens is 388 g/mol. The predicted molar refractivity (Wildman–Crippen MR) is 113 cm³/mol. The third kappa shape index (κ3) is 3.73.